The van der Waals surface area contributed by atoms with Crippen molar-refractivity contribution in [3.63, 3.8) is 0 Å². The first-order valence-electron chi connectivity index (χ1n) is 10.7. The van der Waals surface area contributed by atoms with Crippen molar-refractivity contribution in [3.8, 4) is 17.4 Å². The van der Waals surface area contributed by atoms with Crippen molar-refractivity contribution in [3.05, 3.63) is 46.2 Å². The molecule has 5 heterocycles. The van der Waals surface area contributed by atoms with E-state index in [0.29, 0.717) is 0 Å². The summed E-state index contributed by atoms with van der Waals surface area (Å²) in [5.74, 6) is 2.54. The van der Waals surface area contributed by atoms with E-state index in [9.17, 15) is 5.26 Å². The molecule has 1 aliphatic heterocycles. The highest BCUT2D eigenvalue weighted by molar-refractivity contribution is 7.19. The van der Waals surface area contributed by atoms with Crippen molar-refractivity contribution in [1.29, 1.82) is 5.26 Å². The van der Waals surface area contributed by atoms with Crippen LogP contribution in [0.2, 0.25) is 11.6 Å². The summed E-state index contributed by atoms with van der Waals surface area (Å²) < 4.78 is 1.82. The van der Waals surface area contributed by atoms with Gasteiger partial charge >= 0.3 is 0 Å². The third-order valence-electron chi connectivity index (χ3n) is 6.72. The quantitative estimate of drug-likeness (QED) is 0.409. The lowest BCUT2D eigenvalue weighted by Crippen LogP contribution is -2.25. The number of rotatable bonds is 2. The van der Waals surface area contributed by atoms with Gasteiger partial charge in [0.1, 0.15) is 21.7 Å². The molecule has 6 rings (SSSR count). The molecule has 1 saturated carbocycles. The Labute approximate surface area is 184 Å². The fourth-order valence-electron chi connectivity index (χ4n) is 4.91. The number of hydrogen-bond acceptors (Lipinski definition) is 6. The SMILES string of the molecule is Cc1cn2nc(-c3cnc4cc(/C=C5/CCB(C#N)C6(CC6)C5)sc4n3)cc(C)c2n1. The van der Waals surface area contributed by atoms with Crippen molar-refractivity contribution in [2.45, 2.75) is 51.2 Å². The number of aryl methyl sites for hydroxylation is 2. The van der Waals surface area contributed by atoms with E-state index >= 15 is 0 Å². The molecule has 4 aromatic heterocycles. The van der Waals surface area contributed by atoms with E-state index in [-0.39, 0.29) is 12.0 Å². The molecule has 0 bridgehead atoms. The maximum atomic E-state index is 9.44. The van der Waals surface area contributed by atoms with Gasteiger partial charge < -0.3 is 0 Å². The van der Waals surface area contributed by atoms with Gasteiger partial charge in [-0.25, -0.2) is 19.7 Å². The highest BCUT2D eigenvalue weighted by Crippen LogP contribution is 2.63. The summed E-state index contributed by atoms with van der Waals surface area (Å²) >= 11 is 1.68. The lowest BCUT2D eigenvalue weighted by atomic mass is 9.34. The van der Waals surface area contributed by atoms with E-state index in [1.807, 2.05) is 30.6 Å². The average Bonchev–Trinajstić information content (AvgIpc) is 3.21. The molecular weight excluding hydrogens is 403 g/mol. The fraction of sp³-hybridized carbons (Fsp3) is 0.348. The maximum absolute atomic E-state index is 9.44. The highest BCUT2D eigenvalue weighted by atomic mass is 32.1. The maximum Gasteiger partial charge on any atom is 0.274 e. The number of hydrogen-bond donors (Lipinski definition) is 0. The largest absolute Gasteiger partial charge is 0.274 e. The number of nitrogens with zero attached hydrogens (tertiary/aromatic N) is 6. The first-order valence-corrected chi connectivity index (χ1v) is 11.5. The minimum Gasteiger partial charge on any atom is -0.251 e. The van der Waals surface area contributed by atoms with Crippen LogP contribution in [-0.4, -0.2) is 31.3 Å². The second-order valence-electron chi connectivity index (χ2n) is 9.02. The summed E-state index contributed by atoms with van der Waals surface area (Å²) in [7, 11) is 0. The van der Waals surface area contributed by atoms with Crippen LogP contribution in [0.4, 0.5) is 0 Å². The van der Waals surface area contributed by atoms with Crippen LogP contribution >= 0.6 is 11.3 Å². The second kappa shape index (κ2) is 6.73. The van der Waals surface area contributed by atoms with Gasteiger partial charge in [-0.1, -0.05) is 24.7 Å². The Morgan fingerprint density at radius 2 is 2.10 bits per heavy atom. The van der Waals surface area contributed by atoms with Gasteiger partial charge in [-0.15, -0.1) is 11.3 Å². The Hall–Kier alpha value is -3.05. The van der Waals surface area contributed by atoms with E-state index in [1.165, 1.54) is 23.3 Å². The van der Waals surface area contributed by atoms with Crippen LogP contribution in [0.3, 0.4) is 0 Å². The molecule has 4 aromatic rings. The van der Waals surface area contributed by atoms with Crippen molar-refractivity contribution in [2.75, 3.05) is 0 Å². The number of nitriles is 1. The number of imidazole rings is 1. The van der Waals surface area contributed by atoms with E-state index in [1.54, 1.807) is 17.5 Å². The Balaban J connectivity index is 1.33. The summed E-state index contributed by atoms with van der Waals surface area (Å²) in [5.41, 5.74) is 6.85. The third-order valence-corrected chi connectivity index (χ3v) is 7.68. The van der Waals surface area contributed by atoms with E-state index < -0.39 is 0 Å². The zero-order valence-electron chi connectivity index (χ0n) is 17.6. The van der Waals surface area contributed by atoms with Crippen LogP contribution in [-0.2, 0) is 0 Å². The molecule has 1 spiro atoms. The van der Waals surface area contributed by atoms with Crippen LogP contribution in [0.1, 0.15) is 41.8 Å². The topological polar surface area (TPSA) is 79.8 Å². The molecule has 0 N–H and O–H groups in total. The van der Waals surface area contributed by atoms with E-state index in [4.69, 9.17) is 10.1 Å². The smallest absolute Gasteiger partial charge is 0.251 e. The summed E-state index contributed by atoms with van der Waals surface area (Å²) in [6.45, 7) is 4.26. The molecule has 2 aliphatic rings. The standard InChI is InChI=1S/C23H21BN6S/c1-14-7-18(29-30-12-15(2)27-21(14)30)20-11-26-19-9-17(31-22(19)28-20)8-16-3-6-24(13-25)23(10-16)4-5-23/h7-9,11-12H,3-6,10H2,1-2H3/b16-8-. The van der Waals surface area contributed by atoms with Crippen molar-refractivity contribution >= 4 is 40.1 Å². The molecule has 1 aliphatic carbocycles. The lowest BCUT2D eigenvalue weighted by Gasteiger charge is -2.26. The van der Waals surface area contributed by atoms with Gasteiger partial charge in [0.05, 0.1) is 18.1 Å². The van der Waals surface area contributed by atoms with Crippen molar-refractivity contribution < 1.29 is 0 Å². The Morgan fingerprint density at radius 3 is 2.90 bits per heavy atom. The molecule has 6 nitrogen and oxygen atoms in total. The van der Waals surface area contributed by atoms with Gasteiger partial charge in [-0.2, -0.15) is 5.10 Å². The fourth-order valence-corrected chi connectivity index (χ4v) is 5.89. The number of thiophene rings is 1. The zero-order valence-corrected chi connectivity index (χ0v) is 18.4. The Kier molecular flexibility index (Phi) is 4.06. The van der Waals surface area contributed by atoms with Gasteiger partial charge in [0, 0.05) is 10.8 Å². The van der Waals surface area contributed by atoms with Crippen LogP contribution in [0.15, 0.2) is 30.1 Å². The summed E-state index contributed by atoms with van der Waals surface area (Å²) in [6.07, 6.45) is 11.5. The Morgan fingerprint density at radius 1 is 1.23 bits per heavy atom. The molecular formula is C23H21BN6S. The molecule has 31 heavy (non-hydrogen) atoms. The van der Waals surface area contributed by atoms with Gasteiger partial charge in [0.2, 0.25) is 0 Å². The monoisotopic (exact) mass is 424 g/mol. The normalized spacial score (nSPS) is 18.9. The zero-order chi connectivity index (χ0) is 21.2. The van der Waals surface area contributed by atoms with Gasteiger partial charge in [-0.3, -0.25) is 4.98 Å². The van der Waals surface area contributed by atoms with Crippen LogP contribution in [0.25, 0.3) is 33.5 Å². The summed E-state index contributed by atoms with van der Waals surface area (Å²) in [6, 6.07) is 4.15. The second-order valence-corrected chi connectivity index (χ2v) is 10.1. The van der Waals surface area contributed by atoms with E-state index in [2.05, 4.69) is 28.1 Å². The van der Waals surface area contributed by atoms with Crippen molar-refractivity contribution in [2.24, 2.45) is 0 Å². The predicted molar refractivity (Wildman–Crippen MR) is 124 cm³/mol. The van der Waals surface area contributed by atoms with Gasteiger partial charge in [0.15, 0.2) is 5.65 Å². The van der Waals surface area contributed by atoms with Crippen LogP contribution < -0.4 is 0 Å². The van der Waals surface area contributed by atoms with Crippen LogP contribution in [0.5, 0.6) is 0 Å². The third kappa shape index (κ3) is 3.15. The minimum absolute atomic E-state index is 0.241. The highest BCUT2D eigenvalue weighted by Gasteiger charge is 2.53. The minimum atomic E-state index is 0.241. The first kappa shape index (κ1) is 18.7. The van der Waals surface area contributed by atoms with Crippen molar-refractivity contribution in [1.82, 2.24) is 24.6 Å². The Bertz CT molecular complexity index is 1420. The predicted octanol–water partition coefficient (Wildman–Crippen LogP) is 5.29. The molecule has 8 heteroatoms. The molecule has 0 unspecified atom stereocenters. The molecule has 152 valence electrons. The van der Waals surface area contributed by atoms with Gasteiger partial charge in [-0.05, 0) is 55.8 Å². The average molecular weight is 424 g/mol. The summed E-state index contributed by atoms with van der Waals surface area (Å²) in [5, 5.41) is 14.4. The molecule has 0 atom stereocenters. The molecule has 0 aromatic carbocycles. The first-order chi connectivity index (χ1) is 15.0. The number of aromatic nitrogens is 5. The molecule has 1 saturated heterocycles. The lowest BCUT2D eigenvalue weighted by molar-refractivity contribution is 0.752. The summed E-state index contributed by atoms with van der Waals surface area (Å²) in [4.78, 5) is 16.2. The van der Waals surface area contributed by atoms with Crippen LogP contribution in [0, 0.1) is 25.1 Å². The number of fused-ring (bicyclic) bond motifs is 2. The number of allylic oxidation sites excluding steroid dienone is 1. The molecule has 0 radical (unpaired) electrons. The molecule has 0 amide bonds. The van der Waals surface area contributed by atoms with E-state index in [0.717, 1.165) is 57.8 Å². The van der Waals surface area contributed by atoms with Gasteiger partial charge in [0.25, 0.3) is 6.71 Å². The molecule has 2 fully saturated rings.